The van der Waals surface area contributed by atoms with E-state index >= 15 is 0 Å². The minimum Gasteiger partial charge on any atom is -0.359 e. The second-order valence-corrected chi connectivity index (χ2v) is 6.52. The summed E-state index contributed by atoms with van der Waals surface area (Å²) < 4.78 is 0. The van der Waals surface area contributed by atoms with E-state index < -0.39 is 0 Å². The molecule has 2 atom stereocenters. The molecule has 4 N–H and O–H groups in total. The maximum Gasteiger partial charge on any atom is 0.255 e. The van der Waals surface area contributed by atoms with Gasteiger partial charge in [-0.2, -0.15) is 0 Å². The highest BCUT2D eigenvalue weighted by molar-refractivity contribution is 6.05. The van der Waals surface area contributed by atoms with E-state index in [9.17, 15) is 4.79 Å². The van der Waals surface area contributed by atoms with Crippen LogP contribution in [0, 0.1) is 0 Å². The van der Waals surface area contributed by atoms with Gasteiger partial charge in [0.2, 0.25) is 0 Å². The third-order valence-electron chi connectivity index (χ3n) is 4.62. The van der Waals surface area contributed by atoms with Crippen molar-refractivity contribution in [2.45, 2.75) is 19.0 Å². The Hall–Kier alpha value is -3.18. The Labute approximate surface area is 151 Å². The van der Waals surface area contributed by atoms with Gasteiger partial charge in [-0.1, -0.05) is 36.4 Å². The molecular weight excluding hydrogens is 324 g/mol. The van der Waals surface area contributed by atoms with Crippen LogP contribution < -0.4 is 11.1 Å². The Morgan fingerprint density at radius 3 is 2.73 bits per heavy atom. The molecule has 2 heterocycles. The lowest BCUT2D eigenvalue weighted by Crippen LogP contribution is -2.39. The van der Waals surface area contributed by atoms with Gasteiger partial charge in [0.1, 0.15) is 5.52 Å². The van der Waals surface area contributed by atoms with Crippen LogP contribution in [0.5, 0.6) is 0 Å². The zero-order chi connectivity index (χ0) is 18.1. The van der Waals surface area contributed by atoms with Gasteiger partial charge in [0.05, 0.1) is 17.1 Å². The molecular formula is C21H20N4O. The zero-order valence-electron chi connectivity index (χ0n) is 14.4. The van der Waals surface area contributed by atoms with Crippen molar-refractivity contribution in [3.63, 3.8) is 0 Å². The Morgan fingerprint density at radius 1 is 1.12 bits per heavy atom. The Kier molecular flexibility index (Phi) is 4.14. The summed E-state index contributed by atoms with van der Waals surface area (Å²) >= 11 is 0. The predicted molar refractivity (Wildman–Crippen MR) is 104 cm³/mol. The van der Waals surface area contributed by atoms with Crippen molar-refractivity contribution >= 4 is 27.7 Å². The molecule has 0 fully saturated rings. The fraction of sp³-hybridized carbons (Fsp3) is 0.143. The molecule has 5 heteroatoms. The van der Waals surface area contributed by atoms with E-state index in [-0.39, 0.29) is 18.0 Å². The highest BCUT2D eigenvalue weighted by Gasteiger charge is 2.22. The van der Waals surface area contributed by atoms with Crippen LogP contribution in [0.2, 0.25) is 0 Å². The SMILES string of the molecule is CC(N)C(NC(=O)c1c[nH]c2cccnc12)c1ccc2ccccc2c1. The summed E-state index contributed by atoms with van der Waals surface area (Å²) in [4.78, 5) is 20.2. The fourth-order valence-electron chi connectivity index (χ4n) is 3.27. The molecule has 0 radical (unpaired) electrons. The molecule has 2 unspecified atom stereocenters. The largest absolute Gasteiger partial charge is 0.359 e. The first kappa shape index (κ1) is 16.3. The van der Waals surface area contributed by atoms with Gasteiger partial charge in [-0.25, -0.2) is 0 Å². The number of nitrogens with two attached hydrogens (primary N) is 1. The maximum atomic E-state index is 12.8. The van der Waals surface area contributed by atoms with Crippen molar-refractivity contribution in [2.75, 3.05) is 0 Å². The third kappa shape index (κ3) is 2.93. The lowest BCUT2D eigenvalue weighted by molar-refractivity contribution is 0.0933. The Morgan fingerprint density at radius 2 is 1.92 bits per heavy atom. The third-order valence-corrected chi connectivity index (χ3v) is 4.62. The van der Waals surface area contributed by atoms with E-state index in [0.29, 0.717) is 11.1 Å². The van der Waals surface area contributed by atoms with Crippen LogP contribution in [0.1, 0.15) is 28.9 Å². The van der Waals surface area contributed by atoms with Crippen molar-refractivity contribution in [3.05, 3.63) is 78.1 Å². The minimum atomic E-state index is -0.291. The van der Waals surface area contributed by atoms with Crippen LogP contribution in [-0.4, -0.2) is 21.9 Å². The number of benzene rings is 2. The Balaban J connectivity index is 1.67. The Bertz CT molecular complexity index is 1080. The van der Waals surface area contributed by atoms with Gasteiger partial charge >= 0.3 is 0 Å². The van der Waals surface area contributed by atoms with E-state index in [4.69, 9.17) is 5.73 Å². The van der Waals surface area contributed by atoms with E-state index in [1.54, 1.807) is 12.4 Å². The van der Waals surface area contributed by atoms with Crippen molar-refractivity contribution in [3.8, 4) is 0 Å². The minimum absolute atomic E-state index is 0.189. The highest BCUT2D eigenvalue weighted by atomic mass is 16.1. The molecule has 0 bridgehead atoms. The number of carbonyl (C=O) groups is 1. The average molecular weight is 344 g/mol. The van der Waals surface area contributed by atoms with Crippen LogP contribution in [0.15, 0.2) is 67.0 Å². The molecule has 1 amide bonds. The molecule has 5 nitrogen and oxygen atoms in total. The zero-order valence-corrected chi connectivity index (χ0v) is 14.4. The quantitative estimate of drug-likeness (QED) is 0.529. The fourth-order valence-corrected chi connectivity index (χ4v) is 3.27. The van der Waals surface area contributed by atoms with Crippen LogP contribution >= 0.6 is 0 Å². The van der Waals surface area contributed by atoms with E-state index in [2.05, 4.69) is 39.6 Å². The van der Waals surface area contributed by atoms with Crippen LogP contribution in [-0.2, 0) is 0 Å². The summed E-state index contributed by atoms with van der Waals surface area (Å²) in [5.41, 5.74) is 9.19. The molecule has 130 valence electrons. The number of hydrogen-bond acceptors (Lipinski definition) is 3. The number of H-pyrrole nitrogens is 1. The molecule has 2 aromatic heterocycles. The normalized spacial score (nSPS) is 13.6. The molecule has 4 rings (SSSR count). The topological polar surface area (TPSA) is 83.8 Å². The van der Waals surface area contributed by atoms with Crippen molar-refractivity contribution in [2.24, 2.45) is 5.73 Å². The summed E-state index contributed by atoms with van der Waals surface area (Å²) in [6.07, 6.45) is 3.37. The van der Waals surface area contributed by atoms with Gasteiger partial charge in [0.15, 0.2) is 0 Å². The lowest BCUT2D eigenvalue weighted by Gasteiger charge is -2.23. The first-order valence-electron chi connectivity index (χ1n) is 8.61. The number of aromatic amines is 1. The van der Waals surface area contributed by atoms with E-state index in [1.165, 1.54) is 0 Å². The van der Waals surface area contributed by atoms with Gasteiger partial charge in [0.25, 0.3) is 5.91 Å². The smallest absolute Gasteiger partial charge is 0.255 e. The van der Waals surface area contributed by atoms with E-state index in [0.717, 1.165) is 21.9 Å². The van der Waals surface area contributed by atoms with Gasteiger partial charge in [-0.05, 0) is 41.5 Å². The van der Waals surface area contributed by atoms with Crippen molar-refractivity contribution in [1.82, 2.24) is 15.3 Å². The number of fused-ring (bicyclic) bond motifs is 2. The van der Waals surface area contributed by atoms with Crippen molar-refractivity contribution in [1.29, 1.82) is 0 Å². The van der Waals surface area contributed by atoms with Crippen molar-refractivity contribution < 1.29 is 4.79 Å². The number of aromatic nitrogens is 2. The van der Waals surface area contributed by atoms with E-state index in [1.807, 2.05) is 37.3 Å². The standard InChI is InChI=1S/C21H20N4O/c1-13(22)19(16-9-8-14-5-2-3-6-15(14)11-16)25-21(26)17-12-24-18-7-4-10-23-20(17)18/h2-13,19,24H,22H2,1H3,(H,25,26). The summed E-state index contributed by atoms with van der Waals surface area (Å²) in [6, 6.07) is 17.5. The lowest BCUT2D eigenvalue weighted by atomic mass is 9.97. The van der Waals surface area contributed by atoms with Crippen LogP contribution in [0.3, 0.4) is 0 Å². The highest BCUT2D eigenvalue weighted by Crippen LogP contribution is 2.23. The second kappa shape index (κ2) is 6.61. The molecule has 0 aliphatic rings. The molecule has 0 aliphatic carbocycles. The average Bonchev–Trinajstić information content (AvgIpc) is 3.09. The molecule has 0 saturated heterocycles. The number of hydrogen-bond donors (Lipinski definition) is 3. The number of nitrogens with one attached hydrogen (secondary N) is 2. The second-order valence-electron chi connectivity index (χ2n) is 6.52. The maximum absolute atomic E-state index is 12.8. The summed E-state index contributed by atoms with van der Waals surface area (Å²) in [6.45, 7) is 1.90. The molecule has 0 spiro atoms. The molecule has 0 aliphatic heterocycles. The van der Waals surface area contributed by atoms with Gasteiger partial charge in [0, 0.05) is 18.4 Å². The number of amides is 1. The summed E-state index contributed by atoms with van der Waals surface area (Å²) in [5.74, 6) is -0.189. The summed E-state index contributed by atoms with van der Waals surface area (Å²) in [7, 11) is 0. The van der Waals surface area contributed by atoms with Gasteiger partial charge in [-0.15, -0.1) is 0 Å². The molecule has 0 saturated carbocycles. The molecule has 4 aromatic rings. The van der Waals surface area contributed by atoms with Crippen LogP contribution in [0.4, 0.5) is 0 Å². The first-order valence-corrected chi connectivity index (χ1v) is 8.61. The van der Waals surface area contributed by atoms with Crippen LogP contribution in [0.25, 0.3) is 21.8 Å². The molecule has 2 aromatic carbocycles. The molecule has 26 heavy (non-hydrogen) atoms. The first-order chi connectivity index (χ1) is 12.6. The number of carbonyl (C=O) groups excluding carboxylic acids is 1. The van der Waals surface area contributed by atoms with Gasteiger partial charge in [-0.3, -0.25) is 9.78 Å². The summed E-state index contributed by atoms with van der Waals surface area (Å²) in [5, 5.41) is 5.35. The van der Waals surface area contributed by atoms with Gasteiger partial charge < -0.3 is 16.0 Å². The number of nitrogens with zero attached hydrogens (tertiary/aromatic N) is 1. The predicted octanol–water partition coefficient (Wildman–Crippen LogP) is 3.53. The number of rotatable bonds is 4. The number of pyridine rings is 1. The monoisotopic (exact) mass is 344 g/mol.